The third-order valence-corrected chi connectivity index (χ3v) is 0. The molecule has 0 saturated carbocycles. The molecule has 6 heavy (non-hydrogen) atoms. The van der Waals surface area contributed by atoms with Crippen molar-refractivity contribution in [2.45, 2.75) is 0 Å². The van der Waals surface area contributed by atoms with Crippen LogP contribution in [0.25, 0.3) is 0 Å². The zero-order valence-corrected chi connectivity index (χ0v) is 4.63. The first-order valence-electron chi connectivity index (χ1n) is 0. The highest BCUT2D eigenvalue weighted by atomic mass is 127. The van der Waals surface area contributed by atoms with E-state index in [9.17, 15) is 0 Å². The lowest BCUT2D eigenvalue weighted by Gasteiger charge is -1.00. The fourth-order valence-corrected chi connectivity index (χ4v) is 0. The summed E-state index contributed by atoms with van der Waals surface area (Å²) in [6.45, 7) is 0. The van der Waals surface area contributed by atoms with Crippen molar-refractivity contribution >= 4 is 24.0 Å². The monoisotopic (exact) mass is 223 g/mol. The predicted octanol–water partition coefficient (Wildman–Crippen LogP) is -14.4. The van der Waals surface area contributed by atoms with Gasteiger partial charge in [0.25, 0.3) is 0 Å². The first-order chi connectivity index (χ1) is 0. The molecule has 0 aliphatic heterocycles. The maximum atomic E-state index is 0. The van der Waals surface area contributed by atoms with E-state index in [1.165, 1.54) is 0 Å². The molecule has 0 heterocycles. The second kappa shape index (κ2) is 715. The molecule has 0 nitrogen and oxygen atoms in total. The zero-order valence-electron chi connectivity index (χ0n) is 2.30. The largest absolute Gasteiger partial charge is 1.00 e. The summed E-state index contributed by atoms with van der Waals surface area (Å²) < 4.78 is 0. The summed E-state index contributed by atoms with van der Waals surface area (Å²) >= 11 is 0. The quantitative estimate of drug-likeness (QED) is 0.282. The first-order valence-corrected chi connectivity index (χ1v) is 0. The molecule has 0 bridgehead atoms. The molecule has 0 aromatic carbocycles. The second-order valence-electron chi connectivity index (χ2n) is 0. The summed E-state index contributed by atoms with van der Waals surface area (Å²) in [4.78, 5) is 0. The van der Waals surface area contributed by atoms with Crippen LogP contribution in [0.1, 0.15) is 0 Å². The van der Waals surface area contributed by atoms with Gasteiger partial charge in [-0.25, -0.2) is 0 Å². The minimum atomic E-state index is 0. The highest BCUT2D eigenvalue weighted by Crippen LogP contribution is 0.886. The molecule has 0 N–H and O–H groups in total. The maximum Gasteiger partial charge on any atom is -0.107 e. The lowest BCUT2D eigenvalue weighted by molar-refractivity contribution is -0.00100. The average molecular weight is 223 g/mol. The zero-order chi connectivity index (χ0) is 0. The van der Waals surface area contributed by atoms with Crippen molar-refractivity contribution in [2.75, 3.05) is 0 Å². The number of hydrogen-bond acceptors (Lipinski definition) is 0. The highest BCUT2D eigenvalue weighted by Gasteiger charge is -0.107. The Bertz CT molecular complexity index is 3.90. The van der Waals surface area contributed by atoms with E-state index < -0.39 is 0 Å². The molecule has 0 aliphatic rings. The van der Waals surface area contributed by atoms with Gasteiger partial charge in [-0.2, -0.15) is 0 Å². The molecular formula is HF5I-5. The summed E-state index contributed by atoms with van der Waals surface area (Å²) in [6.07, 6.45) is 0. The van der Waals surface area contributed by atoms with Crippen molar-refractivity contribution < 1.29 is 23.5 Å². The highest BCUT2D eigenvalue weighted by molar-refractivity contribution is 14.0. The van der Waals surface area contributed by atoms with E-state index in [0.717, 1.165) is 0 Å². The SMILES string of the molecule is I.[F-].[F-].[F-].[F-].[F-]. The molecule has 48 valence electrons. The van der Waals surface area contributed by atoms with Crippen molar-refractivity contribution in [3.05, 3.63) is 0 Å². The van der Waals surface area contributed by atoms with E-state index in [-0.39, 0.29) is 47.5 Å². The van der Waals surface area contributed by atoms with Gasteiger partial charge in [-0.1, -0.05) is 0 Å². The molecule has 0 aliphatic carbocycles. The Kier molecular flexibility index (Phi) is 152000. The summed E-state index contributed by atoms with van der Waals surface area (Å²) in [7, 11) is 0. The van der Waals surface area contributed by atoms with Gasteiger partial charge >= 0.3 is 0 Å². The normalized spacial score (nSPS) is 0. The van der Waals surface area contributed by atoms with Gasteiger partial charge in [-0.05, 0) is 0 Å². The van der Waals surface area contributed by atoms with Crippen LogP contribution >= 0.6 is 24.0 Å². The van der Waals surface area contributed by atoms with Gasteiger partial charge in [0.1, 0.15) is 0 Å². The minimum Gasteiger partial charge on any atom is -1.00 e. The summed E-state index contributed by atoms with van der Waals surface area (Å²) in [6, 6.07) is 0. The van der Waals surface area contributed by atoms with E-state index >= 15 is 0 Å². The number of hydrogen-bond donors (Lipinski definition) is 0. The molecule has 0 amide bonds. The fourth-order valence-electron chi connectivity index (χ4n) is 0. The Balaban J connectivity index is 0. The van der Waals surface area contributed by atoms with Gasteiger partial charge in [0.05, 0.1) is 0 Å². The van der Waals surface area contributed by atoms with Crippen LogP contribution in [0, 0.1) is 0 Å². The summed E-state index contributed by atoms with van der Waals surface area (Å²) in [5.41, 5.74) is 0. The van der Waals surface area contributed by atoms with Crippen molar-refractivity contribution in [1.29, 1.82) is 0 Å². The lowest BCUT2D eigenvalue weighted by Crippen LogP contribution is -3.00. The first kappa shape index (κ1) is 1280. The standard InChI is InChI=1S/5FH.HI/h6*1H/p-5. The Morgan fingerprint density at radius 3 is 0.333 bits per heavy atom. The van der Waals surface area contributed by atoms with Gasteiger partial charge in [-0.3, -0.25) is 0 Å². The molecule has 0 fully saturated rings. The predicted molar refractivity (Wildman–Crippen MR) is 15.4 cm³/mol. The minimum absolute atomic E-state index is 0. The molecule has 0 spiro atoms. The molecular weight excluding hydrogens is 222 g/mol. The van der Waals surface area contributed by atoms with Crippen LogP contribution in [0.2, 0.25) is 0 Å². The van der Waals surface area contributed by atoms with Crippen molar-refractivity contribution in [2.24, 2.45) is 0 Å². The molecule has 0 rings (SSSR count). The maximum absolute atomic E-state index is 0. The van der Waals surface area contributed by atoms with Crippen LogP contribution in [-0.2, 0) is 0 Å². The average Bonchev–Trinajstić information content (AvgIpc) is 0. The van der Waals surface area contributed by atoms with E-state index in [4.69, 9.17) is 0 Å². The summed E-state index contributed by atoms with van der Waals surface area (Å²) in [5.74, 6) is 0. The number of rotatable bonds is 0. The van der Waals surface area contributed by atoms with Crippen LogP contribution in [0.4, 0.5) is 0 Å². The smallest absolute Gasteiger partial charge is 0.107 e. The Morgan fingerprint density at radius 2 is 0.333 bits per heavy atom. The molecule has 0 aromatic heterocycles. The van der Waals surface area contributed by atoms with Gasteiger partial charge in [0.2, 0.25) is 0 Å². The third kappa shape index (κ3) is 347. The van der Waals surface area contributed by atoms with E-state index in [1.807, 2.05) is 0 Å². The van der Waals surface area contributed by atoms with E-state index in [2.05, 4.69) is 0 Å². The van der Waals surface area contributed by atoms with Crippen molar-refractivity contribution in [3.8, 4) is 0 Å². The molecule has 0 unspecified atom stereocenters. The fraction of sp³-hybridized carbons (Fsp3) is 0. The Morgan fingerprint density at radius 1 is 0.333 bits per heavy atom. The van der Waals surface area contributed by atoms with Gasteiger partial charge in [0, 0.05) is 0 Å². The van der Waals surface area contributed by atoms with Crippen LogP contribution in [0.3, 0.4) is 0 Å². The van der Waals surface area contributed by atoms with E-state index in [0.29, 0.717) is 0 Å². The van der Waals surface area contributed by atoms with Crippen LogP contribution in [0.5, 0.6) is 0 Å². The second-order valence-corrected chi connectivity index (χ2v) is 0. The van der Waals surface area contributed by atoms with Gasteiger partial charge in [-0.15, -0.1) is 24.0 Å². The van der Waals surface area contributed by atoms with Gasteiger partial charge < -0.3 is 23.5 Å². The van der Waals surface area contributed by atoms with Crippen molar-refractivity contribution in [1.82, 2.24) is 0 Å². The van der Waals surface area contributed by atoms with E-state index in [1.54, 1.807) is 0 Å². The third-order valence-electron chi connectivity index (χ3n) is 0. The van der Waals surface area contributed by atoms with Crippen LogP contribution in [0.15, 0.2) is 0 Å². The Labute approximate surface area is 48.2 Å². The van der Waals surface area contributed by atoms with Crippen molar-refractivity contribution in [3.63, 3.8) is 0 Å². The van der Waals surface area contributed by atoms with Gasteiger partial charge in [0.15, 0.2) is 0 Å². The summed E-state index contributed by atoms with van der Waals surface area (Å²) in [5, 5.41) is 0. The lowest BCUT2D eigenvalue weighted by atomic mass is 19.0. The number of halogens is 6. The topological polar surface area (TPSA) is 0 Å². The molecule has 0 aromatic rings. The molecule has 0 atom stereocenters. The Hall–Kier alpha value is 0.380. The van der Waals surface area contributed by atoms with Crippen LogP contribution in [-0.4, -0.2) is 0 Å². The molecule has 0 radical (unpaired) electrons. The molecule has 6 heteroatoms. The molecule has 0 saturated heterocycles. The van der Waals surface area contributed by atoms with Crippen LogP contribution < -0.4 is 23.5 Å².